The summed E-state index contributed by atoms with van der Waals surface area (Å²) >= 11 is 0. The van der Waals surface area contributed by atoms with Gasteiger partial charge in [0.25, 0.3) is 5.91 Å². The molecule has 1 aliphatic rings. The van der Waals surface area contributed by atoms with E-state index in [1.165, 1.54) is 6.20 Å². The summed E-state index contributed by atoms with van der Waals surface area (Å²) in [4.78, 5) is 32.5. The number of nitrogens with zero attached hydrogens (tertiary/aromatic N) is 2. The number of hydrogen-bond donors (Lipinski definition) is 2. The Morgan fingerprint density at radius 3 is 2.22 bits per heavy atom. The monoisotopic (exact) mass is 636 g/mol. The Hall–Kier alpha value is -4.13. The second-order valence-electron chi connectivity index (χ2n) is 11.8. The van der Waals surface area contributed by atoms with Crippen molar-refractivity contribution in [2.75, 3.05) is 26.2 Å². The van der Waals surface area contributed by atoms with Gasteiger partial charge in [-0.15, -0.1) is 0 Å². The molecule has 2 N–H and O–H groups in total. The first-order valence-electron chi connectivity index (χ1n) is 14.3. The van der Waals surface area contributed by atoms with Gasteiger partial charge in [-0.1, -0.05) is 24.3 Å². The minimum atomic E-state index is -4.97. The largest absolute Gasteiger partial charge is 0.444 e. The standard InChI is InChI=1S/C32H34F6N4O3/c1-19-7-5-6-8-23(19)24-16-26(27-18-39-11-12-42(27)29(44)45-30(2,3)4)41-17-25(24)28(43)40-10-9-20-13-21(31(33,34)35)15-22(14-20)32(36,37)38/h5-8,13-17,27,39H,9-12,18H2,1-4H3,(H,40,43). The highest BCUT2D eigenvalue weighted by Gasteiger charge is 2.37. The zero-order valence-corrected chi connectivity index (χ0v) is 25.2. The van der Waals surface area contributed by atoms with Crippen LogP contribution in [-0.4, -0.2) is 53.7 Å². The number of piperazine rings is 1. The lowest BCUT2D eigenvalue weighted by molar-refractivity contribution is -0.143. The Morgan fingerprint density at radius 2 is 1.62 bits per heavy atom. The van der Waals surface area contributed by atoms with Crippen molar-refractivity contribution in [1.29, 1.82) is 0 Å². The van der Waals surface area contributed by atoms with Gasteiger partial charge >= 0.3 is 18.4 Å². The number of carbonyl (C=O) groups excluding carboxylic acids is 2. The number of aryl methyl sites for hydroxylation is 1. The number of ether oxygens (including phenoxy) is 1. The van der Waals surface area contributed by atoms with Crippen LogP contribution in [0.25, 0.3) is 11.1 Å². The van der Waals surface area contributed by atoms with Crippen LogP contribution in [0.1, 0.15) is 65.1 Å². The van der Waals surface area contributed by atoms with Crippen LogP contribution < -0.4 is 10.6 Å². The van der Waals surface area contributed by atoms with Gasteiger partial charge in [-0.2, -0.15) is 26.3 Å². The van der Waals surface area contributed by atoms with Gasteiger partial charge in [0.15, 0.2) is 0 Å². The van der Waals surface area contributed by atoms with Crippen molar-refractivity contribution in [3.8, 4) is 11.1 Å². The van der Waals surface area contributed by atoms with Gasteiger partial charge in [-0.3, -0.25) is 14.7 Å². The van der Waals surface area contributed by atoms with Crippen LogP contribution in [0.3, 0.4) is 0 Å². The quantitative estimate of drug-likeness (QED) is 0.286. The van der Waals surface area contributed by atoms with Crippen molar-refractivity contribution in [2.45, 2.75) is 58.1 Å². The van der Waals surface area contributed by atoms with Crippen molar-refractivity contribution in [2.24, 2.45) is 0 Å². The summed E-state index contributed by atoms with van der Waals surface area (Å²) in [6, 6.07) is 9.87. The fourth-order valence-electron chi connectivity index (χ4n) is 5.02. The summed E-state index contributed by atoms with van der Waals surface area (Å²) in [7, 11) is 0. The number of amides is 2. The number of carbonyl (C=O) groups is 2. The van der Waals surface area contributed by atoms with Gasteiger partial charge in [-0.05, 0) is 80.6 Å². The molecule has 2 heterocycles. The van der Waals surface area contributed by atoms with Crippen molar-refractivity contribution < 1.29 is 40.7 Å². The minimum Gasteiger partial charge on any atom is -0.444 e. The van der Waals surface area contributed by atoms with E-state index in [2.05, 4.69) is 15.6 Å². The van der Waals surface area contributed by atoms with E-state index in [-0.39, 0.29) is 30.2 Å². The Morgan fingerprint density at radius 1 is 0.978 bits per heavy atom. The molecule has 1 saturated heterocycles. The Labute approximate surface area is 257 Å². The maximum Gasteiger partial charge on any atom is 0.416 e. The van der Waals surface area contributed by atoms with Crippen molar-refractivity contribution in [3.63, 3.8) is 0 Å². The maximum atomic E-state index is 13.4. The third-order valence-corrected chi connectivity index (χ3v) is 7.16. The number of pyridine rings is 1. The van der Waals surface area contributed by atoms with E-state index in [1.807, 2.05) is 25.1 Å². The summed E-state index contributed by atoms with van der Waals surface area (Å²) in [5.74, 6) is -0.610. The normalized spacial score (nSPS) is 16.0. The second kappa shape index (κ2) is 13.1. The van der Waals surface area contributed by atoms with Crippen LogP contribution in [0.2, 0.25) is 0 Å². The summed E-state index contributed by atoms with van der Waals surface area (Å²) in [6.07, 6.45) is -9.36. The Balaban J connectivity index is 1.62. The molecule has 7 nitrogen and oxygen atoms in total. The molecule has 3 aromatic rings. The van der Waals surface area contributed by atoms with Crippen LogP contribution in [0, 0.1) is 6.92 Å². The van der Waals surface area contributed by atoms with Crippen LogP contribution in [0.4, 0.5) is 31.1 Å². The molecule has 2 aromatic carbocycles. The number of nitrogens with one attached hydrogen (secondary N) is 2. The summed E-state index contributed by atoms with van der Waals surface area (Å²) in [5.41, 5.74) is -1.05. The fraction of sp³-hybridized carbons (Fsp3) is 0.406. The van der Waals surface area contributed by atoms with Gasteiger partial charge in [-0.25, -0.2) is 4.79 Å². The number of alkyl halides is 6. The molecule has 0 saturated carbocycles. The van der Waals surface area contributed by atoms with Gasteiger partial charge in [0.2, 0.25) is 0 Å². The number of hydrogen-bond acceptors (Lipinski definition) is 5. The lowest BCUT2D eigenvalue weighted by Gasteiger charge is -2.37. The fourth-order valence-corrected chi connectivity index (χ4v) is 5.02. The van der Waals surface area contributed by atoms with E-state index in [4.69, 9.17) is 4.74 Å². The van der Waals surface area contributed by atoms with Gasteiger partial charge < -0.3 is 15.4 Å². The molecule has 0 spiro atoms. The minimum absolute atomic E-state index is 0.0650. The highest BCUT2D eigenvalue weighted by atomic mass is 19.4. The molecule has 1 aliphatic heterocycles. The van der Waals surface area contributed by atoms with Crippen molar-refractivity contribution >= 4 is 12.0 Å². The molecular weight excluding hydrogens is 602 g/mol. The molecule has 13 heteroatoms. The molecule has 2 amide bonds. The summed E-state index contributed by atoms with van der Waals surface area (Å²) < 4.78 is 85.3. The smallest absolute Gasteiger partial charge is 0.416 e. The zero-order valence-electron chi connectivity index (χ0n) is 25.2. The Bertz CT molecular complexity index is 1520. The molecule has 0 aliphatic carbocycles. The number of rotatable bonds is 6. The Kier molecular flexibility index (Phi) is 9.81. The van der Waals surface area contributed by atoms with Gasteiger partial charge in [0, 0.05) is 32.4 Å². The molecule has 0 bridgehead atoms. The first-order valence-corrected chi connectivity index (χ1v) is 14.3. The molecule has 1 unspecified atom stereocenters. The zero-order chi connectivity index (χ0) is 33.2. The van der Waals surface area contributed by atoms with Crippen LogP contribution in [0.5, 0.6) is 0 Å². The lowest BCUT2D eigenvalue weighted by Crippen LogP contribution is -2.50. The molecule has 45 heavy (non-hydrogen) atoms. The highest BCUT2D eigenvalue weighted by Crippen LogP contribution is 2.36. The van der Waals surface area contributed by atoms with Gasteiger partial charge in [0.1, 0.15) is 5.60 Å². The molecule has 0 radical (unpaired) electrons. The molecule has 242 valence electrons. The predicted molar refractivity (Wildman–Crippen MR) is 155 cm³/mol. The van der Waals surface area contributed by atoms with E-state index in [9.17, 15) is 35.9 Å². The predicted octanol–water partition coefficient (Wildman–Crippen LogP) is 6.95. The molecule has 1 aromatic heterocycles. The van der Waals surface area contributed by atoms with Gasteiger partial charge in [0.05, 0.1) is 28.4 Å². The number of aromatic nitrogens is 1. The topological polar surface area (TPSA) is 83.6 Å². The lowest BCUT2D eigenvalue weighted by atomic mass is 9.94. The average Bonchev–Trinajstić information content (AvgIpc) is 2.95. The van der Waals surface area contributed by atoms with Crippen molar-refractivity contribution in [3.05, 3.63) is 88.2 Å². The SMILES string of the molecule is Cc1ccccc1-c1cc(C2CNCCN2C(=O)OC(C)(C)C)ncc1C(=O)NCCc1cc(C(F)(F)F)cc(C(F)(F)F)c1. The third kappa shape index (κ3) is 8.53. The first-order chi connectivity index (χ1) is 20.9. The van der Waals surface area contributed by atoms with E-state index < -0.39 is 47.1 Å². The summed E-state index contributed by atoms with van der Waals surface area (Å²) in [5, 5.41) is 5.86. The molecule has 4 rings (SSSR count). The molecule has 1 atom stereocenters. The second-order valence-corrected chi connectivity index (χ2v) is 11.8. The molecule has 1 fully saturated rings. The van der Waals surface area contributed by atoms with E-state index in [0.29, 0.717) is 48.6 Å². The van der Waals surface area contributed by atoms with E-state index in [0.717, 1.165) is 5.56 Å². The first kappa shape index (κ1) is 33.8. The number of benzene rings is 2. The van der Waals surface area contributed by atoms with Crippen LogP contribution in [0.15, 0.2) is 54.7 Å². The average molecular weight is 637 g/mol. The summed E-state index contributed by atoms with van der Waals surface area (Å²) in [6.45, 7) is 8.25. The van der Waals surface area contributed by atoms with Crippen LogP contribution >= 0.6 is 0 Å². The number of halogens is 6. The van der Waals surface area contributed by atoms with Crippen LogP contribution in [-0.2, 0) is 23.5 Å². The van der Waals surface area contributed by atoms with Crippen molar-refractivity contribution in [1.82, 2.24) is 20.5 Å². The van der Waals surface area contributed by atoms with E-state index >= 15 is 0 Å². The van der Waals surface area contributed by atoms with E-state index in [1.54, 1.807) is 37.8 Å². The maximum absolute atomic E-state index is 13.4. The highest BCUT2D eigenvalue weighted by molar-refractivity contribution is 6.01. The third-order valence-electron chi connectivity index (χ3n) is 7.16. The molecular formula is C32H34F6N4O3.